The van der Waals surface area contributed by atoms with E-state index in [4.69, 9.17) is 15.2 Å². The highest BCUT2D eigenvalue weighted by molar-refractivity contribution is 5.80. The van der Waals surface area contributed by atoms with Gasteiger partial charge in [-0.2, -0.15) is 0 Å². The zero-order chi connectivity index (χ0) is 17.8. The van der Waals surface area contributed by atoms with Gasteiger partial charge >= 0.3 is 0 Å². The number of hydrogen-bond donors (Lipinski definition) is 2. The molecule has 5 nitrogen and oxygen atoms in total. The van der Waals surface area contributed by atoms with Crippen molar-refractivity contribution in [3.63, 3.8) is 0 Å². The number of benzene rings is 2. The fourth-order valence-electron chi connectivity index (χ4n) is 2.70. The number of nitrogens with two attached hydrogens (primary N) is 1. The van der Waals surface area contributed by atoms with Crippen molar-refractivity contribution in [2.45, 2.75) is 0 Å². The number of methoxy groups -OCH3 is 2. The van der Waals surface area contributed by atoms with Crippen LogP contribution in [-0.2, 0) is 0 Å². The number of ether oxygens (including phenoxy) is 2. The van der Waals surface area contributed by atoms with E-state index in [9.17, 15) is 0 Å². The molecule has 2 aromatic carbocycles. The molecule has 0 saturated carbocycles. The average molecular weight is 335 g/mol. The molecule has 0 unspecified atom stereocenters. The lowest BCUT2D eigenvalue weighted by Crippen LogP contribution is -1.96. The Morgan fingerprint density at radius 1 is 0.840 bits per heavy atom. The van der Waals surface area contributed by atoms with Crippen LogP contribution in [0.15, 0.2) is 54.7 Å². The third-order valence-electron chi connectivity index (χ3n) is 4.12. The lowest BCUT2D eigenvalue weighted by molar-refractivity contribution is 0.355. The molecule has 3 aromatic rings. The van der Waals surface area contributed by atoms with Gasteiger partial charge in [-0.25, -0.2) is 4.98 Å². The van der Waals surface area contributed by atoms with E-state index >= 15 is 0 Å². The van der Waals surface area contributed by atoms with Crippen LogP contribution in [0.3, 0.4) is 0 Å². The highest BCUT2D eigenvalue weighted by Gasteiger charge is 2.10. The van der Waals surface area contributed by atoms with E-state index in [0.717, 1.165) is 27.9 Å². The van der Waals surface area contributed by atoms with Gasteiger partial charge in [-0.15, -0.1) is 0 Å². The Kier molecular flexibility index (Phi) is 4.75. The molecule has 128 valence electrons. The van der Waals surface area contributed by atoms with E-state index in [2.05, 4.69) is 10.3 Å². The number of nitrogens with zero attached hydrogens (tertiary/aromatic N) is 1. The molecule has 0 atom stereocenters. The van der Waals surface area contributed by atoms with E-state index in [1.807, 2.05) is 55.6 Å². The van der Waals surface area contributed by atoms with Crippen LogP contribution in [0.1, 0.15) is 0 Å². The van der Waals surface area contributed by atoms with Crippen LogP contribution in [0.2, 0.25) is 0 Å². The van der Waals surface area contributed by atoms with E-state index in [-0.39, 0.29) is 0 Å². The summed E-state index contributed by atoms with van der Waals surface area (Å²) in [4.78, 5) is 4.36. The van der Waals surface area contributed by atoms with Crippen LogP contribution in [0.25, 0.3) is 22.3 Å². The smallest absolute Gasteiger partial charge is 0.161 e. The first-order chi connectivity index (χ1) is 12.2. The summed E-state index contributed by atoms with van der Waals surface area (Å²) in [5, 5.41) is 3.11. The van der Waals surface area contributed by atoms with Gasteiger partial charge in [-0.3, -0.25) is 0 Å². The highest BCUT2D eigenvalue weighted by Crippen LogP contribution is 2.35. The van der Waals surface area contributed by atoms with Crippen molar-refractivity contribution in [3.8, 4) is 33.8 Å². The SMILES string of the molecule is CNc1ccc(-c2cc(-c3ccc(OC)c(OC)c3)cnc2N)cc1. The zero-order valence-corrected chi connectivity index (χ0v) is 14.5. The molecule has 0 aliphatic carbocycles. The average Bonchev–Trinajstić information content (AvgIpc) is 2.68. The van der Waals surface area contributed by atoms with Gasteiger partial charge in [0.2, 0.25) is 0 Å². The molecule has 25 heavy (non-hydrogen) atoms. The quantitative estimate of drug-likeness (QED) is 0.736. The second-order valence-corrected chi connectivity index (χ2v) is 5.55. The first kappa shape index (κ1) is 16.6. The summed E-state index contributed by atoms with van der Waals surface area (Å²) in [5.74, 6) is 1.87. The van der Waals surface area contributed by atoms with E-state index in [1.54, 1.807) is 20.4 Å². The van der Waals surface area contributed by atoms with Gasteiger partial charge in [0.1, 0.15) is 5.82 Å². The van der Waals surface area contributed by atoms with Crippen LogP contribution < -0.4 is 20.5 Å². The van der Waals surface area contributed by atoms with Crippen molar-refractivity contribution in [1.29, 1.82) is 0 Å². The number of hydrogen-bond acceptors (Lipinski definition) is 5. The first-order valence-electron chi connectivity index (χ1n) is 7.92. The Bertz CT molecular complexity index is 877. The minimum Gasteiger partial charge on any atom is -0.493 e. The number of nitrogens with one attached hydrogen (secondary N) is 1. The van der Waals surface area contributed by atoms with E-state index in [0.29, 0.717) is 17.3 Å². The second kappa shape index (κ2) is 7.13. The van der Waals surface area contributed by atoms with Crippen molar-refractivity contribution in [1.82, 2.24) is 4.98 Å². The molecule has 3 N–H and O–H groups in total. The van der Waals surface area contributed by atoms with Crippen LogP contribution >= 0.6 is 0 Å². The summed E-state index contributed by atoms with van der Waals surface area (Å²) in [7, 11) is 5.13. The fourth-order valence-corrected chi connectivity index (χ4v) is 2.70. The highest BCUT2D eigenvalue weighted by atomic mass is 16.5. The summed E-state index contributed by atoms with van der Waals surface area (Å²) in [6, 6.07) is 15.9. The molecule has 0 aliphatic rings. The molecular weight excluding hydrogens is 314 g/mol. The van der Waals surface area contributed by atoms with Crippen molar-refractivity contribution in [2.24, 2.45) is 0 Å². The minimum absolute atomic E-state index is 0.501. The van der Waals surface area contributed by atoms with E-state index < -0.39 is 0 Å². The molecule has 0 aliphatic heterocycles. The standard InChI is InChI=1S/C20H21N3O2/c1-22-16-7-4-13(5-8-16)17-10-15(12-23-20(17)21)14-6-9-18(24-2)19(11-14)25-3/h4-12,22H,1-3H3,(H2,21,23). The fraction of sp³-hybridized carbons (Fsp3) is 0.150. The summed E-state index contributed by atoms with van der Waals surface area (Å²) in [6.07, 6.45) is 1.77. The van der Waals surface area contributed by atoms with Crippen molar-refractivity contribution >= 4 is 11.5 Å². The van der Waals surface area contributed by atoms with Gasteiger partial charge in [0.15, 0.2) is 11.5 Å². The summed E-state index contributed by atoms with van der Waals surface area (Å²) in [5.41, 5.74) is 11.0. The third kappa shape index (κ3) is 3.35. The number of anilines is 2. The van der Waals surface area contributed by atoms with Crippen LogP contribution in [0, 0.1) is 0 Å². The molecule has 0 spiro atoms. The number of nitrogen functional groups attached to an aromatic ring is 1. The van der Waals surface area contributed by atoms with Gasteiger partial charge < -0.3 is 20.5 Å². The normalized spacial score (nSPS) is 10.4. The van der Waals surface area contributed by atoms with Gasteiger partial charge in [0.25, 0.3) is 0 Å². The second-order valence-electron chi connectivity index (χ2n) is 5.55. The maximum atomic E-state index is 6.10. The number of pyridine rings is 1. The predicted molar refractivity (Wildman–Crippen MR) is 102 cm³/mol. The molecule has 0 fully saturated rings. The Balaban J connectivity index is 2.04. The van der Waals surface area contributed by atoms with Crippen LogP contribution in [0.5, 0.6) is 11.5 Å². The maximum Gasteiger partial charge on any atom is 0.161 e. The molecule has 1 aromatic heterocycles. The molecule has 1 heterocycles. The largest absolute Gasteiger partial charge is 0.493 e. The summed E-state index contributed by atoms with van der Waals surface area (Å²) in [6.45, 7) is 0. The summed E-state index contributed by atoms with van der Waals surface area (Å²) >= 11 is 0. The Morgan fingerprint density at radius 3 is 2.16 bits per heavy atom. The Hall–Kier alpha value is -3.21. The van der Waals surface area contributed by atoms with E-state index in [1.165, 1.54) is 0 Å². The molecule has 3 rings (SSSR count). The lowest BCUT2D eigenvalue weighted by atomic mass is 10.0. The maximum absolute atomic E-state index is 6.10. The lowest BCUT2D eigenvalue weighted by Gasteiger charge is -2.12. The third-order valence-corrected chi connectivity index (χ3v) is 4.12. The molecular formula is C20H21N3O2. The Labute approximate surface area is 147 Å². The monoisotopic (exact) mass is 335 g/mol. The van der Waals surface area contributed by atoms with Gasteiger partial charge in [-0.05, 0) is 41.5 Å². The van der Waals surface area contributed by atoms with Crippen molar-refractivity contribution in [2.75, 3.05) is 32.3 Å². The Morgan fingerprint density at radius 2 is 1.52 bits per heavy atom. The van der Waals surface area contributed by atoms with Gasteiger partial charge in [0.05, 0.1) is 14.2 Å². The first-order valence-corrected chi connectivity index (χ1v) is 7.92. The molecule has 0 radical (unpaired) electrons. The summed E-state index contributed by atoms with van der Waals surface area (Å²) < 4.78 is 10.7. The number of rotatable bonds is 5. The van der Waals surface area contributed by atoms with Crippen LogP contribution in [0.4, 0.5) is 11.5 Å². The molecule has 5 heteroatoms. The zero-order valence-electron chi connectivity index (χ0n) is 14.5. The topological polar surface area (TPSA) is 69.4 Å². The van der Waals surface area contributed by atoms with Gasteiger partial charge in [0, 0.05) is 30.1 Å². The van der Waals surface area contributed by atoms with Crippen LogP contribution in [-0.4, -0.2) is 26.3 Å². The predicted octanol–water partition coefficient (Wildman–Crippen LogP) is 4.06. The van der Waals surface area contributed by atoms with Crippen molar-refractivity contribution < 1.29 is 9.47 Å². The van der Waals surface area contributed by atoms with Gasteiger partial charge in [-0.1, -0.05) is 18.2 Å². The minimum atomic E-state index is 0.501. The molecule has 0 bridgehead atoms. The molecule has 0 saturated heterocycles. The number of aromatic nitrogens is 1. The van der Waals surface area contributed by atoms with Crippen molar-refractivity contribution in [3.05, 3.63) is 54.7 Å². The molecule has 0 amide bonds.